The first-order valence-corrected chi connectivity index (χ1v) is 6.88. The molecule has 1 aromatic carbocycles. The van der Waals surface area contributed by atoms with Gasteiger partial charge in [-0.1, -0.05) is 32.9 Å². The minimum absolute atomic E-state index is 0.149. The van der Waals surface area contributed by atoms with Crippen LogP contribution in [0.3, 0.4) is 0 Å². The van der Waals surface area contributed by atoms with E-state index in [1.165, 1.54) is 5.56 Å². The van der Waals surface area contributed by atoms with Gasteiger partial charge in [0.2, 0.25) is 5.76 Å². The molecule has 0 fully saturated rings. The summed E-state index contributed by atoms with van der Waals surface area (Å²) in [5, 5.41) is 2.85. The second-order valence-corrected chi connectivity index (χ2v) is 5.11. The molecular formula is C16H20N2O2. The number of oxazole rings is 1. The van der Waals surface area contributed by atoms with Crippen LogP contribution in [0.15, 0.2) is 28.7 Å². The van der Waals surface area contributed by atoms with Crippen LogP contribution < -0.4 is 5.32 Å². The smallest absolute Gasteiger partial charge is 0.293 e. The fourth-order valence-electron chi connectivity index (χ4n) is 2.01. The van der Waals surface area contributed by atoms with Crippen molar-refractivity contribution < 1.29 is 9.21 Å². The Hall–Kier alpha value is -2.10. The fourth-order valence-corrected chi connectivity index (χ4v) is 2.01. The van der Waals surface area contributed by atoms with E-state index < -0.39 is 0 Å². The molecule has 2 rings (SSSR count). The molecule has 0 bridgehead atoms. The third-order valence-electron chi connectivity index (χ3n) is 3.13. The molecule has 0 aliphatic carbocycles. The van der Waals surface area contributed by atoms with Crippen molar-refractivity contribution in [2.24, 2.45) is 0 Å². The van der Waals surface area contributed by atoms with Gasteiger partial charge in [-0.25, -0.2) is 4.98 Å². The van der Waals surface area contributed by atoms with Crippen molar-refractivity contribution in [2.45, 2.75) is 40.0 Å². The Morgan fingerprint density at radius 2 is 1.95 bits per heavy atom. The maximum atomic E-state index is 12.3. The van der Waals surface area contributed by atoms with E-state index in [0.717, 1.165) is 12.1 Å². The Morgan fingerprint density at radius 1 is 1.30 bits per heavy atom. The number of aryl methyl sites for hydroxylation is 2. The summed E-state index contributed by atoms with van der Waals surface area (Å²) in [5.41, 5.74) is 2.70. The predicted molar refractivity (Wildman–Crippen MR) is 79.1 cm³/mol. The lowest BCUT2D eigenvalue weighted by Gasteiger charge is -2.06. The Kier molecular flexibility index (Phi) is 4.23. The number of carbonyl (C=O) groups excluding carboxylic acids is 1. The van der Waals surface area contributed by atoms with E-state index in [1.54, 1.807) is 6.92 Å². The van der Waals surface area contributed by atoms with Gasteiger partial charge in [0.05, 0.1) is 5.69 Å². The summed E-state index contributed by atoms with van der Waals surface area (Å²) in [5.74, 6) is 0.714. The van der Waals surface area contributed by atoms with E-state index in [4.69, 9.17) is 4.42 Å². The van der Waals surface area contributed by atoms with Crippen molar-refractivity contribution in [1.29, 1.82) is 0 Å². The van der Waals surface area contributed by atoms with Crippen LogP contribution in [0.1, 0.15) is 54.4 Å². The SMILES string of the molecule is CCc1ccc(NC(=O)c2oc(C)nc2C(C)C)cc1. The van der Waals surface area contributed by atoms with Gasteiger partial charge in [0, 0.05) is 12.6 Å². The molecule has 20 heavy (non-hydrogen) atoms. The molecule has 0 radical (unpaired) electrons. The molecule has 0 saturated heterocycles. The topological polar surface area (TPSA) is 55.1 Å². The molecule has 4 nitrogen and oxygen atoms in total. The number of hydrogen-bond donors (Lipinski definition) is 1. The molecule has 1 N–H and O–H groups in total. The van der Waals surface area contributed by atoms with Crippen LogP contribution in [0.5, 0.6) is 0 Å². The quantitative estimate of drug-likeness (QED) is 0.917. The Balaban J connectivity index is 2.19. The molecule has 0 saturated carbocycles. The maximum Gasteiger partial charge on any atom is 0.293 e. The van der Waals surface area contributed by atoms with Crippen molar-refractivity contribution in [3.63, 3.8) is 0 Å². The molecule has 0 atom stereocenters. The first kappa shape index (κ1) is 14.3. The monoisotopic (exact) mass is 272 g/mol. The van der Waals surface area contributed by atoms with Crippen molar-refractivity contribution >= 4 is 11.6 Å². The molecule has 0 aliphatic heterocycles. The summed E-state index contributed by atoms with van der Waals surface area (Å²) in [6.45, 7) is 7.83. The molecule has 1 heterocycles. The number of aromatic nitrogens is 1. The van der Waals surface area contributed by atoms with Crippen LogP contribution in [0.4, 0.5) is 5.69 Å². The number of nitrogens with zero attached hydrogens (tertiary/aromatic N) is 1. The van der Waals surface area contributed by atoms with E-state index >= 15 is 0 Å². The van der Waals surface area contributed by atoms with E-state index in [2.05, 4.69) is 17.2 Å². The minimum Gasteiger partial charge on any atom is -0.436 e. The third-order valence-corrected chi connectivity index (χ3v) is 3.13. The van der Waals surface area contributed by atoms with Gasteiger partial charge in [0.1, 0.15) is 0 Å². The fraction of sp³-hybridized carbons (Fsp3) is 0.375. The van der Waals surface area contributed by atoms with E-state index in [9.17, 15) is 4.79 Å². The standard InChI is InChI=1S/C16H20N2O2/c1-5-12-6-8-13(9-7-12)18-16(19)15-14(10(2)3)17-11(4)20-15/h6-10H,5H2,1-4H3,(H,18,19). The van der Waals surface area contributed by atoms with E-state index in [-0.39, 0.29) is 11.8 Å². The lowest BCUT2D eigenvalue weighted by atomic mass is 10.1. The largest absolute Gasteiger partial charge is 0.436 e. The number of amides is 1. The maximum absolute atomic E-state index is 12.3. The van der Waals surface area contributed by atoms with Crippen LogP contribution in [0.2, 0.25) is 0 Å². The lowest BCUT2D eigenvalue weighted by Crippen LogP contribution is -2.13. The molecule has 4 heteroatoms. The predicted octanol–water partition coefficient (Wildman–Crippen LogP) is 3.92. The number of carbonyl (C=O) groups is 1. The number of benzene rings is 1. The number of hydrogen-bond acceptors (Lipinski definition) is 3. The molecule has 1 aromatic heterocycles. The van der Waals surface area contributed by atoms with Crippen molar-refractivity contribution in [3.05, 3.63) is 47.2 Å². The Bertz CT molecular complexity index is 597. The number of nitrogens with one attached hydrogen (secondary N) is 1. The average molecular weight is 272 g/mol. The second-order valence-electron chi connectivity index (χ2n) is 5.11. The highest BCUT2D eigenvalue weighted by molar-refractivity contribution is 6.03. The van der Waals surface area contributed by atoms with Gasteiger partial charge in [0.25, 0.3) is 5.91 Å². The van der Waals surface area contributed by atoms with Gasteiger partial charge in [-0.3, -0.25) is 4.79 Å². The summed E-state index contributed by atoms with van der Waals surface area (Å²) in [4.78, 5) is 16.5. The van der Waals surface area contributed by atoms with Gasteiger partial charge in [-0.2, -0.15) is 0 Å². The summed E-state index contributed by atoms with van der Waals surface area (Å²) in [6.07, 6.45) is 0.979. The molecule has 0 unspecified atom stereocenters. The molecule has 0 spiro atoms. The van der Waals surface area contributed by atoms with E-state index in [1.807, 2.05) is 38.1 Å². The zero-order valence-electron chi connectivity index (χ0n) is 12.4. The summed E-state index contributed by atoms with van der Waals surface area (Å²) >= 11 is 0. The van der Waals surface area contributed by atoms with Crippen molar-refractivity contribution in [3.8, 4) is 0 Å². The minimum atomic E-state index is -0.251. The van der Waals surface area contributed by atoms with Crippen LogP contribution in [-0.2, 0) is 6.42 Å². The highest BCUT2D eigenvalue weighted by atomic mass is 16.4. The number of rotatable bonds is 4. The molecule has 0 aliphatic rings. The van der Waals surface area contributed by atoms with Crippen LogP contribution in [0.25, 0.3) is 0 Å². The molecule has 2 aromatic rings. The highest BCUT2D eigenvalue weighted by Gasteiger charge is 2.21. The van der Waals surface area contributed by atoms with Crippen molar-refractivity contribution in [1.82, 2.24) is 4.98 Å². The molecule has 1 amide bonds. The molecule has 106 valence electrons. The zero-order valence-corrected chi connectivity index (χ0v) is 12.4. The second kappa shape index (κ2) is 5.90. The van der Waals surface area contributed by atoms with Crippen LogP contribution in [0, 0.1) is 6.92 Å². The average Bonchev–Trinajstić information content (AvgIpc) is 2.82. The first-order chi connectivity index (χ1) is 9.51. The molecular weight excluding hydrogens is 252 g/mol. The third kappa shape index (κ3) is 3.07. The van der Waals surface area contributed by atoms with Crippen LogP contribution >= 0.6 is 0 Å². The van der Waals surface area contributed by atoms with Gasteiger partial charge >= 0.3 is 0 Å². The van der Waals surface area contributed by atoms with Gasteiger partial charge in [-0.05, 0) is 30.0 Å². The lowest BCUT2D eigenvalue weighted by molar-refractivity contribution is 0.0993. The first-order valence-electron chi connectivity index (χ1n) is 6.88. The summed E-state index contributed by atoms with van der Waals surface area (Å²) in [6, 6.07) is 7.80. The normalized spacial score (nSPS) is 10.8. The van der Waals surface area contributed by atoms with E-state index in [0.29, 0.717) is 17.3 Å². The van der Waals surface area contributed by atoms with Gasteiger partial charge < -0.3 is 9.73 Å². The Morgan fingerprint density at radius 3 is 2.50 bits per heavy atom. The van der Waals surface area contributed by atoms with Crippen molar-refractivity contribution in [2.75, 3.05) is 5.32 Å². The summed E-state index contributed by atoms with van der Waals surface area (Å²) in [7, 11) is 0. The number of anilines is 1. The Labute approximate surface area is 119 Å². The summed E-state index contributed by atoms with van der Waals surface area (Å²) < 4.78 is 5.43. The highest BCUT2D eigenvalue weighted by Crippen LogP contribution is 2.21. The van der Waals surface area contributed by atoms with Gasteiger partial charge in [0.15, 0.2) is 5.89 Å². The zero-order chi connectivity index (χ0) is 14.7. The van der Waals surface area contributed by atoms with Gasteiger partial charge in [-0.15, -0.1) is 0 Å². The van der Waals surface area contributed by atoms with Crippen LogP contribution in [-0.4, -0.2) is 10.9 Å².